The van der Waals surface area contributed by atoms with Gasteiger partial charge in [-0.1, -0.05) is 96.0 Å². The highest BCUT2D eigenvalue weighted by atomic mass is 35.5. The first-order chi connectivity index (χ1) is 28.9. The molecule has 5 aromatic carbocycles. The summed E-state index contributed by atoms with van der Waals surface area (Å²) in [6.45, 7) is 6.67. The van der Waals surface area contributed by atoms with Gasteiger partial charge in [0, 0.05) is 47.2 Å². The number of aliphatic imine (C=N–C) groups is 1. The van der Waals surface area contributed by atoms with E-state index >= 15 is 0 Å². The number of benzene rings is 5. The third kappa shape index (κ3) is 12.0. The van der Waals surface area contributed by atoms with Gasteiger partial charge >= 0.3 is 5.97 Å². The number of carbonyl (C=O) groups is 2. The Morgan fingerprint density at radius 2 is 1.47 bits per heavy atom. The van der Waals surface area contributed by atoms with E-state index in [1.54, 1.807) is 63.2 Å². The van der Waals surface area contributed by atoms with Crippen LogP contribution in [0.4, 0.5) is 0 Å². The minimum Gasteiger partial charge on any atom is -0.494 e. The number of aliphatic hydroxyl groups is 1. The van der Waals surface area contributed by atoms with Gasteiger partial charge in [-0.2, -0.15) is 0 Å². The van der Waals surface area contributed by atoms with E-state index in [2.05, 4.69) is 5.32 Å². The summed E-state index contributed by atoms with van der Waals surface area (Å²) in [4.78, 5) is 33.0. The Hall–Kier alpha value is -5.55. The summed E-state index contributed by atoms with van der Waals surface area (Å²) in [6, 6.07) is 37.6. The second-order valence-corrected chi connectivity index (χ2v) is 16.2. The highest BCUT2D eigenvalue weighted by Gasteiger charge is 2.54. The summed E-state index contributed by atoms with van der Waals surface area (Å²) in [6.07, 6.45) is -0.270. The lowest BCUT2D eigenvalue weighted by atomic mass is 9.83. The molecule has 0 bridgehead atoms. The number of ether oxygens (including phenoxy) is 5. The van der Waals surface area contributed by atoms with Crippen LogP contribution in [-0.4, -0.2) is 53.8 Å². The summed E-state index contributed by atoms with van der Waals surface area (Å²) in [5.41, 5.74) is 1.63. The van der Waals surface area contributed by atoms with Crippen LogP contribution in [0.1, 0.15) is 74.0 Å². The zero-order valence-corrected chi connectivity index (χ0v) is 35.5. The highest BCUT2D eigenvalue weighted by Crippen LogP contribution is 2.46. The first kappa shape index (κ1) is 44.0. The predicted octanol–water partition coefficient (Wildman–Crippen LogP) is 9.65. The van der Waals surface area contributed by atoms with Crippen LogP contribution in [0.5, 0.6) is 17.2 Å². The molecule has 2 N–H and O–H groups in total. The number of nitrogens with one attached hydrogen (secondary N) is 1. The maximum Gasteiger partial charge on any atom is 0.306 e. The van der Waals surface area contributed by atoms with Crippen LogP contribution >= 0.6 is 23.2 Å². The molecule has 314 valence electrons. The molecule has 12 heteroatoms. The van der Waals surface area contributed by atoms with E-state index in [4.69, 9.17) is 57.0 Å². The Morgan fingerprint density at radius 3 is 2.10 bits per heavy atom. The van der Waals surface area contributed by atoms with Crippen molar-refractivity contribution in [3.05, 3.63) is 159 Å². The standard InChI is InChI=1S/C48H50Cl2N2O8/c1-47(2,3)60-43(54)23-25-48(44(39-21-18-37(49)30-40(39)50)59-45(52-48)36-16-19-38(20-17-36)56-28-10-27-53)46(55)51-26-24-33-15-22-41(57-31-34-11-6-4-7-12-34)42(29-33)58-32-35-13-8-5-9-14-35/h4-9,11-22,29-30,44,53H,10,23-28,31-32H2,1-3H3,(H,51,55)/t44-,48-/m1/s1. The van der Waals surface area contributed by atoms with Crippen molar-refractivity contribution in [2.75, 3.05) is 19.8 Å². The number of rotatable bonds is 19. The third-order valence-electron chi connectivity index (χ3n) is 9.59. The van der Waals surface area contributed by atoms with Crippen molar-refractivity contribution in [1.82, 2.24) is 5.32 Å². The van der Waals surface area contributed by atoms with E-state index in [0.717, 1.165) is 16.7 Å². The van der Waals surface area contributed by atoms with Crippen molar-refractivity contribution < 1.29 is 38.4 Å². The summed E-state index contributed by atoms with van der Waals surface area (Å²) < 4.78 is 30.5. The molecule has 60 heavy (non-hydrogen) atoms. The molecular weight excluding hydrogens is 803 g/mol. The van der Waals surface area contributed by atoms with Gasteiger partial charge in [0.05, 0.1) is 6.61 Å². The molecule has 6 rings (SSSR count). The molecule has 5 aromatic rings. The summed E-state index contributed by atoms with van der Waals surface area (Å²) in [5.74, 6) is 1.03. The van der Waals surface area contributed by atoms with E-state index in [0.29, 0.717) is 66.1 Å². The van der Waals surface area contributed by atoms with Crippen LogP contribution in [0, 0.1) is 0 Å². The van der Waals surface area contributed by atoms with Gasteiger partial charge in [-0.05, 0) is 98.8 Å². The average molecular weight is 854 g/mol. The van der Waals surface area contributed by atoms with E-state index < -0.39 is 29.1 Å². The third-order valence-corrected chi connectivity index (χ3v) is 10.1. The number of amides is 1. The first-order valence-corrected chi connectivity index (χ1v) is 20.7. The molecule has 0 unspecified atom stereocenters. The van der Waals surface area contributed by atoms with Crippen LogP contribution in [-0.2, 0) is 38.7 Å². The van der Waals surface area contributed by atoms with Crippen molar-refractivity contribution >= 4 is 41.0 Å². The molecule has 0 radical (unpaired) electrons. The number of hydrogen-bond donors (Lipinski definition) is 2. The fourth-order valence-corrected chi connectivity index (χ4v) is 7.14. The van der Waals surface area contributed by atoms with Gasteiger partial charge in [-0.3, -0.25) is 9.59 Å². The Kier molecular flexibility index (Phi) is 15.1. The van der Waals surface area contributed by atoms with Crippen LogP contribution in [0.25, 0.3) is 0 Å². The molecule has 0 aromatic heterocycles. The second kappa shape index (κ2) is 20.6. The Morgan fingerprint density at radius 1 is 0.800 bits per heavy atom. The molecule has 10 nitrogen and oxygen atoms in total. The molecule has 1 amide bonds. The fourth-order valence-electron chi connectivity index (χ4n) is 6.63. The van der Waals surface area contributed by atoms with E-state index in [-0.39, 0.29) is 36.9 Å². The average Bonchev–Trinajstić information content (AvgIpc) is 3.62. The summed E-state index contributed by atoms with van der Waals surface area (Å²) >= 11 is 13.1. The molecule has 0 saturated carbocycles. The number of aliphatic hydroxyl groups excluding tert-OH is 1. The minimum atomic E-state index is -1.64. The maximum absolute atomic E-state index is 14.8. The highest BCUT2D eigenvalue weighted by molar-refractivity contribution is 6.35. The second-order valence-electron chi connectivity index (χ2n) is 15.4. The molecule has 1 aliphatic rings. The van der Waals surface area contributed by atoms with Gasteiger partial charge in [0.25, 0.3) is 5.91 Å². The van der Waals surface area contributed by atoms with Gasteiger partial charge < -0.3 is 34.1 Å². The van der Waals surface area contributed by atoms with Crippen molar-refractivity contribution in [3.63, 3.8) is 0 Å². The Labute approximate surface area is 361 Å². The molecule has 0 saturated heterocycles. The molecule has 0 aliphatic carbocycles. The van der Waals surface area contributed by atoms with Gasteiger partial charge in [0.2, 0.25) is 5.90 Å². The van der Waals surface area contributed by atoms with Crippen LogP contribution in [0.2, 0.25) is 10.0 Å². The SMILES string of the molecule is CC(C)(C)OC(=O)CC[C@@]1(C(=O)NCCc2ccc(OCc3ccccc3)c(OCc3ccccc3)c2)N=C(c2ccc(OCCCO)cc2)O[C@@H]1c1ccc(Cl)cc1Cl. The van der Waals surface area contributed by atoms with Gasteiger partial charge in [0.15, 0.2) is 23.1 Å². The minimum absolute atomic E-state index is 0.0193. The molecule has 0 fully saturated rings. The quantitative estimate of drug-likeness (QED) is 0.0622. The van der Waals surface area contributed by atoms with Crippen LogP contribution in [0.3, 0.4) is 0 Å². The topological polar surface area (TPSA) is 125 Å². The summed E-state index contributed by atoms with van der Waals surface area (Å²) in [5, 5.41) is 12.9. The fraction of sp³-hybridized carbons (Fsp3) is 0.312. The number of nitrogens with zero attached hydrogens (tertiary/aromatic N) is 1. The molecular formula is C48H50Cl2N2O8. The van der Waals surface area contributed by atoms with Crippen molar-refractivity contribution in [3.8, 4) is 17.2 Å². The molecule has 1 aliphatic heterocycles. The maximum atomic E-state index is 14.8. The lowest BCUT2D eigenvalue weighted by Gasteiger charge is -2.31. The Balaban J connectivity index is 1.27. The lowest BCUT2D eigenvalue weighted by molar-refractivity contribution is -0.155. The van der Waals surface area contributed by atoms with E-state index in [9.17, 15) is 9.59 Å². The van der Waals surface area contributed by atoms with Gasteiger partial charge in [0.1, 0.15) is 24.6 Å². The number of halogens is 2. The monoisotopic (exact) mass is 852 g/mol. The number of hydrogen-bond acceptors (Lipinski definition) is 9. The van der Waals surface area contributed by atoms with Crippen LogP contribution in [0.15, 0.2) is 126 Å². The molecule has 0 spiro atoms. The van der Waals surface area contributed by atoms with E-state index in [1.165, 1.54) is 0 Å². The van der Waals surface area contributed by atoms with Crippen molar-refractivity contribution in [2.45, 2.75) is 76.9 Å². The lowest BCUT2D eigenvalue weighted by Crippen LogP contribution is -2.49. The normalized spacial score (nSPS) is 16.0. The Bertz CT molecular complexity index is 2230. The zero-order valence-electron chi connectivity index (χ0n) is 34.0. The van der Waals surface area contributed by atoms with Gasteiger partial charge in [-0.15, -0.1) is 0 Å². The molecule has 1 heterocycles. The summed E-state index contributed by atoms with van der Waals surface area (Å²) in [7, 11) is 0. The van der Waals surface area contributed by atoms with Crippen molar-refractivity contribution in [1.29, 1.82) is 0 Å². The first-order valence-electron chi connectivity index (χ1n) is 19.9. The largest absolute Gasteiger partial charge is 0.494 e. The number of esters is 1. The van der Waals surface area contributed by atoms with E-state index in [1.807, 2.05) is 78.9 Å². The molecule has 2 atom stereocenters. The van der Waals surface area contributed by atoms with Crippen LogP contribution < -0.4 is 19.5 Å². The zero-order chi connectivity index (χ0) is 42.5. The smallest absolute Gasteiger partial charge is 0.306 e. The predicted molar refractivity (Wildman–Crippen MR) is 233 cm³/mol. The van der Waals surface area contributed by atoms with Gasteiger partial charge in [-0.25, -0.2) is 4.99 Å². The van der Waals surface area contributed by atoms with Crippen molar-refractivity contribution in [2.24, 2.45) is 4.99 Å². The number of carbonyl (C=O) groups excluding carboxylic acids is 2.